The van der Waals surface area contributed by atoms with Crippen molar-refractivity contribution in [3.63, 3.8) is 0 Å². The van der Waals surface area contributed by atoms with Crippen molar-refractivity contribution < 1.29 is 0 Å². The second kappa shape index (κ2) is 2.27. The maximum atomic E-state index is 2.22. The Kier molecular flexibility index (Phi) is 1.17. The molecule has 2 heteroatoms. The molecule has 14 heavy (non-hydrogen) atoms. The molecule has 0 radical (unpaired) electrons. The van der Waals surface area contributed by atoms with E-state index >= 15 is 0 Å². The largest absolute Gasteiger partial charge is 0.135 e. The van der Waals surface area contributed by atoms with E-state index in [0.717, 1.165) is 0 Å². The summed E-state index contributed by atoms with van der Waals surface area (Å²) in [6, 6.07) is 13.2. The summed E-state index contributed by atoms with van der Waals surface area (Å²) in [7, 11) is 0. The zero-order valence-electron chi connectivity index (χ0n) is 7.28. The van der Waals surface area contributed by atoms with E-state index in [1.54, 1.807) is 0 Å². The van der Waals surface area contributed by atoms with Gasteiger partial charge in [-0.1, -0.05) is 12.1 Å². The van der Waals surface area contributed by atoms with E-state index in [1.165, 1.54) is 29.6 Å². The fourth-order valence-electron chi connectivity index (χ4n) is 2.09. The summed E-state index contributed by atoms with van der Waals surface area (Å²) in [5.41, 5.74) is 0. The Morgan fingerprint density at radius 1 is 0.571 bits per heavy atom. The summed E-state index contributed by atoms with van der Waals surface area (Å²) in [4.78, 5) is 0. The van der Waals surface area contributed by atoms with Crippen molar-refractivity contribution in [2.75, 3.05) is 0 Å². The van der Waals surface area contributed by atoms with Crippen LogP contribution in [0.15, 0.2) is 36.4 Å². The Labute approximate surface area is 88.7 Å². The molecule has 0 aliphatic heterocycles. The minimum atomic E-state index is 1.43. The highest BCUT2D eigenvalue weighted by Gasteiger charge is 2.12. The summed E-state index contributed by atoms with van der Waals surface area (Å²) in [6.07, 6.45) is 0. The molecule has 0 saturated carbocycles. The average Bonchev–Trinajstić information content (AvgIpc) is 2.74. The van der Waals surface area contributed by atoms with Gasteiger partial charge in [0.1, 0.15) is 0 Å². The second-order valence-corrected chi connectivity index (χ2v) is 5.63. The summed E-state index contributed by atoms with van der Waals surface area (Å²) in [6.45, 7) is 0. The van der Waals surface area contributed by atoms with Gasteiger partial charge in [0, 0.05) is 29.6 Å². The third-order valence-corrected chi connectivity index (χ3v) is 4.91. The molecule has 0 N–H and O–H groups in total. The first-order valence-corrected chi connectivity index (χ1v) is 6.19. The Balaban J connectivity index is 2.59. The van der Waals surface area contributed by atoms with E-state index in [4.69, 9.17) is 0 Å². The molecular formula is C12H6S2. The van der Waals surface area contributed by atoms with E-state index in [0.29, 0.717) is 0 Å². The molecule has 0 spiro atoms. The van der Waals surface area contributed by atoms with Gasteiger partial charge < -0.3 is 0 Å². The number of hydrogen-bond donors (Lipinski definition) is 0. The molecular weight excluding hydrogens is 208 g/mol. The molecule has 0 aliphatic carbocycles. The highest BCUT2D eigenvalue weighted by Crippen LogP contribution is 2.44. The van der Waals surface area contributed by atoms with E-state index in [-0.39, 0.29) is 0 Å². The van der Waals surface area contributed by atoms with Crippen LogP contribution >= 0.6 is 22.7 Å². The fraction of sp³-hybridized carbons (Fsp3) is 0. The van der Waals surface area contributed by atoms with Crippen molar-refractivity contribution in [3.05, 3.63) is 36.4 Å². The molecule has 0 aliphatic rings. The number of hydrogen-bond acceptors (Lipinski definition) is 2. The van der Waals surface area contributed by atoms with Crippen molar-refractivity contribution in [3.8, 4) is 0 Å². The predicted molar refractivity (Wildman–Crippen MR) is 65.9 cm³/mol. The fourth-order valence-corrected chi connectivity index (χ4v) is 4.54. The smallest absolute Gasteiger partial charge is 0.0370 e. The summed E-state index contributed by atoms with van der Waals surface area (Å²) >= 11 is 3.81. The average molecular weight is 214 g/mol. The molecule has 0 atom stereocenters. The van der Waals surface area contributed by atoms with Crippen LogP contribution in [-0.4, -0.2) is 0 Å². The van der Waals surface area contributed by atoms with Crippen LogP contribution in [0.3, 0.4) is 0 Å². The molecule has 0 saturated heterocycles. The first-order chi connectivity index (χ1) is 6.93. The van der Waals surface area contributed by atoms with Crippen molar-refractivity contribution >= 4 is 52.2 Å². The normalized spacial score (nSPS) is 12.3. The molecule has 66 valence electrons. The van der Waals surface area contributed by atoms with Gasteiger partial charge in [0.05, 0.1) is 0 Å². The van der Waals surface area contributed by atoms with Crippen LogP contribution < -0.4 is 0 Å². The molecule has 2 heterocycles. The minimum Gasteiger partial charge on any atom is -0.135 e. The molecule has 0 fully saturated rings. The van der Waals surface area contributed by atoms with Crippen LogP contribution in [0.4, 0.5) is 0 Å². The van der Waals surface area contributed by atoms with Gasteiger partial charge in [-0.25, -0.2) is 0 Å². The lowest BCUT2D eigenvalue weighted by Crippen LogP contribution is -1.60. The standard InChI is InChI=1S/C12H6S2/c1-3-7-11-8(4-1)14-10-6-2-5-9(13-7)12(10)11/h1-6H. The molecule has 0 unspecified atom stereocenters. The van der Waals surface area contributed by atoms with Gasteiger partial charge in [0.25, 0.3) is 0 Å². The van der Waals surface area contributed by atoms with Crippen LogP contribution in [0.1, 0.15) is 0 Å². The second-order valence-electron chi connectivity index (χ2n) is 3.46. The van der Waals surface area contributed by atoms with Crippen LogP contribution in [0.5, 0.6) is 0 Å². The van der Waals surface area contributed by atoms with Gasteiger partial charge in [-0.05, 0) is 24.3 Å². The van der Waals surface area contributed by atoms with Crippen LogP contribution in [0.2, 0.25) is 0 Å². The highest BCUT2D eigenvalue weighted by molar-refractivity contribution is 7.31. The van der Waals surface area contributed by atoms with E-state index in [9.17, 15) is 0 Å². The quantitative estimate of drug-likeness (QED) is 0.398. The first-order valence-electron chi connectivity index (χ1n) is 4.55. The molecule has 0 amide bonds. The lowest BCUT2D eigenvalue weighted by Gasteiger charge is -1.85. The van der Waals surface area contributed by atoms with Gasteiger partial charge in [-0.2, -0.15) is 0 Å². The molecule has 2 aromatic heterocycles. The van der Waals surface area contributed by atoms with Crippen LogP contribution in [-0.2, 0) is 0 Å². The Morgan fingerprint density at radius 2 is 0.929 bits per heavy atom. The van der Waals surface area contributed by atoms with Crippen molar-refractivity contribution in [1.29, 1.82) is 0 Å². The summed E-state index contributed by atoms with van der Waals surface area (Å²) in [5, 5.41) is 2.96. The summed E-state index contributed by atoms with van der Waals surface area (Å²) in [5.74, 6) is 0. The maximum absolute atomic E-state index is 2.22. The molecule has 4 rings (SSSR count). The number of rotatable bonds is 0. The van der Waals surface area contributed by atoms with E-state index < -0.39 is 0 Å². The zero-order chi connectivity index (χ0) is 9.12. The highest BCUT2D eigenvalue weighted by atomic mass is 32.1. The third kappa shape index (κ3) is 0.703. The van der Waals surface area contributed by atoms with Gasteiger partial charge in [0.2, 0.25) is 0 Å². The summed E-state index contributed by atoms with van der Waals surface area (Å²) < 4.78 is 5.70. The topological polar surface area (TPSA) is 0 Å². The SMILES string of the molecule is c1cc2sc3cccc4sc(c1)c2c34. The van der Waals surface area contributed by atoms with Gasteiger partial charge >= 0.3 is 0 Å². The number of thiophene rings is 2. The van der Waals surface area contributed by atoms with Crippen LogP contribution in [0, 0.1) is 0 Å². The monoisotopic (exact) mass is 214 g/mol. The molecule has 0 bridgehead atoms. The van der Waals surface area contributed by atoms with Crippen molar-refractivity contribution in [2.45, 2.75) is 0 Å². The lowest BCUT2D eigenvalue weighted by molar-refractivity contribution is 1.96. The van der Waals surface area contributed by atoms with Crippen LogP contribution in [0.25, 0.3) is 29.6 Å². The first kappa shape index (κ1) is 7.21. The lowest BCUT2D eigenvalue weighted by atomic mass is 10.2. The van der Waals surface area contributed by atoms with E-state index in [2.05, 4.69) is 36.4 Å². The molecule has 4 aromatic rings. The maximum Gasteiger partial charge on any atom is 0.0370 e. The van der Waals surface area contributed by atoms with Gasteiger partial charge in [0.15, 0.2) is 0 Å². The Hall–Kier alpha value is -1.12. The zero-order valence-corrected chi connectivity index (χ0v) is 8.91. The molecule has 0 nitrogen and oxygen atoms in total. The Morgan fingerprint density at radius 3 is 1.29 bits per heavy atom. The van der Waals surface area contributed by atoms with E-state index in [1.807, 2.05) is 22.7 Å². The van der Waals surface area contributed by atoms with Gasteiger partial charge in [-0.15, -0.1) is 22.7 Å². The predicted octanol–water partition coefficient (Wildman–Crippen LogP) is 4.71. The van der Waals surface area contributed by atoms with Crippen molar-refractivity contribution in [1.82, 2.24) is 0 Å². The van der Waals surface area contributed by atoms with Crippen molar-refractivity contribution in [2.24, 2.45) is 0 Å². The molecule has 2 aromatic carbocycles. The Bertz CT molecular complexity index is 614. The van der Waals surface area contributed by atoms with Gasteiger partial charge in [-0.3, -0.25) is 0 Å². The number of benzene rings is 2. The third-order valence-electron chi connectivity index (χ3n) is 2.67. The minimum absolute atomic E-state index is 1.43.